The molecule has 0 heterocycles. The molecule has 0 aliphatic heterocycles. The number of anilines is 1. The molecule has 0 radical (unpaired) electrons. The van der Waals surface area contributed by atoms with Crippen molar-refractivity contribution < 1.29 is 4.79 Å². The molecule has 1 aromatic rings. The highest BCUT2D eigenvalue weighted by Crippen LogP contribution is 2.13. The molecule has 0 N–H and O–H groups in total. The summed E-state index contributed by atoms with van der Waals surface area (Å²) in [6, 6.07) is 8.22. The first-order valence-corrected chi connectivity index (χ1v) is 4.98. The van der Waals surface area contributed by atoms with Gasteiger partial charge in [0.2, 0.25) is 5.91 Å². The van der Waals surface area contributed by atoms with E-state index in [1.165, 1.54) is 5.69 Å². The van der Waals surface area contributed by atoms with E-state index in [4.69, 9.17) is 0 Å². The fraction of sp³-hybridized carbons (Fsp3) is 0.417. The maximum absolute atomic E-state index is 11.0. The second-order valence-electron chi connectivity index (χ2n) is 3.94. The predicted molar refractivity (Wildman–Crippen MR) is 62.9 cm³/mol. The quantitative estimate of drug-likeness (QED) is 0.752. The molecule has 0 atom stereocenters. The van der Waals surface area contributed by atoms with Gasteiger partial charge in [-0.3, -0.25) is 4.79 Å². The lowest BCUT2D eigenvalue weighted by molar-refractivity contribution is -0.128. The normalized spacial score (nSPS) is 9.87. The lowest BCUT2D eigenvalue weighted by Gasteiger charge is -2.16. The summed E-state index contributed by atoms with van der Waals surface area (Å²) in [5, 5.41) is 0. The fourth-order valence-corrected chi connectivity index (χ4v) is 1.28. The molecule has 0 unspecified atom stereocenters. The Balaban J connectivity index is 2.68. The van der Waals surface area contributed by atoms with E-state index in [0.717, 1.165) is 5.56 Å². The van der Waals surface area contributed by atoms with Gasteiger partial charge in [0.05, 0.1) is 0 Å². The lowest BCUT2D eigenvalue weighted by Crippen LogP contribution is -2.23. The summed E-state index contributed by atoms with van der Waals surface area (Å²) in [7, 11) is 5.83. The molecular weight excluding hydrogens is 188 g/mol. The van der Waals surface area contributed by atoms with Gasteiger partial charge >= 0.3 is 0 Å². The number of hydrogen-bond acceptors (Lipinski definition) is 2. The Kier molecular flexibility index (Phi) is 3.72. The van der Waals surface area contributed by atoms with E-state index in [1.807, 2.05) is 21.1 Å². The summed E-state index contributed by atoms with van der Waals surface area (Å²) < 4.78 is 0. The number of carbonyl (C=O) groups is 1. The number of benzene rings is 1. The van der Waals surface area contributed by atoms with Gasteiger partial charge in [-0.25, -0.2) is 0 Å². The molecule has 1 amide bonds. The van der Waals surface area contributed by atoms with Crippen molar-refractivity contribution in [1.82, 2.24) is 4.90 Å². The van der Waals surface area contributed by atoms with Gasteiger partial charge in [-0.2, -0.15) is 0 Å². The molecule has 0 saturated heterocycles. The van der Waals surface area contributed by atoms with Gasteiger partial charge in [0.15, 0.2) is 0 Å². The van der Waals surface area contributed by atoms with Crippen molar-refractivity contribution in [1.29, 1.82) is 0 Å². The summed E-state index contributed by atoms with van der Waals surface area (Å²) in [6.07, 6.45) is 0. The van der Waals surface area contributed by atoms with Crippen molar-refractivity contribution in [3.8, 4) is 0 Å². The second-order valence-corrected chi connectivity index (χ2v) is 3.94. The summed E-state index contributed by atoms with van der Waals surface area (Å²) in [5.74, 6) is 0.0895. The Labute approximate surface area is 91.3 Å². The summed E-state index contributed by atoms with van der Waals surface area (Å²) in [6.45, 7) is 2.25. The van der Waals surface area contributed by atoms with Crippen LogP contribution in [0.1, 0.15) is 12.5 Å². The zero-order valence-corrected chi connectivity index (χ0v) is 9.82. The van der Waals surface area contributed by atoms with Gasteiger partial charge in [0, 0.05) is 40.3 Å². The molecular formula is C12H18N2O. The van der Waals surface area contributed by atoms with Crippen LogP contribution < -0.4 is 4.90 Å². The van der Waals surface area contributed by atoms with Crippen LogP contribution in [0.4, 0.5) is 5.69 Å². The fourth-order valence-electron chi connectivity index (χ4n) is 1.28. The topological polar surface area (TPSA) is 23.6 Å². The molecule has 0 spiro atoms. The molecule has 0 aliphatic rings. The minimum atomic E-state index is 0.0895. The molecule has 0 saturated carbocycles. The molecule has 15 heavy (non-hydrogen) atoms. The van der Waals surface area contributed by atoms with Crippen LogP contribution in [0.5, 0.6) is 0 Å². The SMILES string of the molecule is CC(=O)N(C)Cc1ccc(N(C)C)cc1. The van der Waals surface area contributed by atoms with E-state index in [0.29, 0.717) is 6.54 Å². The Morgan fingerprint density at radius 3 is 2.07 bits per heavy atom. The highest BCUT2D eigenvalue weighted by molar-refractivity contribution is 5.72. The van der Waals surface area contributed by atoms with Crippen LogP contribution >= 0.6 is 0 Å². The summed E-state index contributed by atoms with van der Waals surface area (Å²) in [4.78, 5) is 14.8. The molecule has 0 aliphatic carbocycles. The van der Waals surface area contributed by atoms with Crippen LogP contribution in [0.3, 0.4) is 0 Å². The van der Waals surface area contributed by atoms with Crippen LogP contribution in [-0.2, 0) is 11.3 Å². The van der Waals surface area contributed by atoms with Gasteiger partial charge < -0.3 is 9.80 Å². The number of carbonyl (C=O) groups excluding carboxylic acids is 1. The highest BCUT2D eigenvalue weighted by Gasteiger charge is 2.03. The zero-order valence-electron chi connectivity index (χ0n) is 9.82. The Hall–Kier alpha value is -1.51. The molecule has 1 rings (SSSR count). The average molecular weight is 206 g/mol. The maximum atomic E-state index is 11.0. The van der Waals surface area contributed by atoms with E-state index in [9.17, 15) is 4.79 Å². The van der Waals surface area contributed by atoms with Crippen LogP contribution in [-0.4, -0.2) is 32.0 Å². The van der Waals surface area contributed by atoms with E-state index in [1.54, 1.807) is 11.8 Å². The van der Waals surface area contributed by atoms with Gasteiger partial charge in [-0.15, -0.1) is 0 Å². The van der Waals surface area contributed by atoms with Crippen LogP contribution in [0, 0.1) is 0 Å². The Morgan fingerprint density at radius 2 is 1.67 bits per heavy atom. The molecule has 3 heteroatoms. The van der Waals surface area contributed by atoms with Gasteiger partial charge in [0.25, 0.3) is 0 Å². The first kappa shape index (κ1) is 11.6. The van der Waals surface area contributed by atoms with Crippen LogP contribution in [0.15, 0.2) is 24.3 Å². The van der Waals surface area contributed by atoms with Crippen molar-refractivity contribution >= 4 is 11.6 Å². The summed E-state index contributed by atoms with van der Waals surface area (Å²) >= 11 is 0. The third kappa shape index (κ3) is 3.27. The van der Waals surface area contributed by atoms with Crippen molar-refractivity contribution in [2.75, 3.05) is 26.0 Å². The maximum Gasteiger partial charge on any atom is 0.219 e. The molecule has 82 valence electrons. The van der Waals surface area contributed by atoms with Crippen LogP contribution in [0.2, 0.25) is 0 Å². The number of hydrogen-bond donors (Lipinski definition) is 0. The first-order chi connectivity index (χ1) is 7.00. The minimum Gasteiger partial charge on any atom is -0.378 e. The van der Waals surface area contributed by atoms with Crippen molar-refractivity contribution in [2.45, 2.75) is 13.5 Å². The Morgan fingerprint density at radius 1 is 1.13 bits per heavy atom. The number of rotatable bonds is 3. The number of nitrogens with zero attached hydrogens (tertiary/aromatic N) is 2. The molecule has 3 nitrogen and oxygen atoms in total. The van der Waals surface area contributed by atoms with E-state index in [-0.39, 0.29) is 5.91 Å². The molecule has 0 aromatic heterocycles. The predicted octanol–water partition coefficient (Wildman–Crippen LogP) is 1.73. The smallest absolute Gasteiger partial charge is 0.219 e. The van der Waals surface area contributed by atoms with Crippen molar-refractivity contribution in [3.63, 3.8) is 0 Å². The average Bonchev–Trinajstić information content (AvgIpc) is 2.18. The highest BCUT2D eigenvalue weighted by atomic mass is 16.2. The van der Waals surface area contributed by atoms with E-state index < -0.39 is 0 Å². The third-order valence-electron chi connectivity index (χ3n) is 2.41. The van der Waals surface area contributed by atoms with E-state index in [2.05, 4.69) is 29.2 Å². The van der Waals surface area contributed by atoms with Gasteiger partial charge in [-0.1, -0.05) is 12.1 Å². The van der Waals surface area contributed by atoms with Gasteiger partial charge in [0.1, 0.15) is 0 Å². The second kappa shape index (κ2) is 4.82. The third-order valence-corrected chi connectivity index (χ3v) is 2.41. The standard InChI is InChI=1S/C12H18N2O/c1-10(15)14(4)9-11-5-7-12(8-6-11)13(2)3/h5-8H,9H2,1-4H3. The van der Waals surface area contributed by atoms with Gasteiger partial charge in [-0.05, 0) is 17.7 Å². The molecule has 0 bridgehead atoms. The van der Waals surface area contributed by atoms with Crippen molar-refractivity contribution in [2.24, 2.45) is 0 Å². The summed E-state index contributed by atoms with van der Waals surface area (Å²) in [5.41, 5.74) is 2.32. The van der Waals surface area contributed by atoms with E-state index >= 15 is 0 Å². The number of amides is 1. The first-order valence-electron chi connectivity index (χ1n) is 4.98. The Bertz CT molecular complexity index is 330. The molecule has 0 fully saturated rings. The monoisotopic (exact) mass is 206 g/mol. The van der Waals surface area contributed by atoms with Crippen LogP contribution in [0.25, 0.3) is 0 Å². The minimum absolute atomic E-state index is 0.0895. The zero-order chi connectivity index (χ0) is 11.4. The lowest BCUT2D eigenvalue weighted by atomic mass is 10.2. The molecule has 1 aromatic carbocycles. The van der Waals surface area contributed by atoms with Crippen molar-refractivity contribution in [3.05, 3.63) is 29.8 Å². The largest absolute Gasteiger partial charge is 0.378 e.